The van der Waals surface area contributed by atoms with Crippen LogP contribution in [0.25, 0.3) is 21.8 Å². The molecular formula is C12H9NO2S. The molecule has 2 aromatic carbocycles. The largest absolute Gasteiger partial charge is 0.355 e. The molecule has 0 aliphatic heterocycles. The zero-order chi connectivity index (χ0) is 11.1. The number of fused-ring (bicyclic) bond motifs is 3. The summed E-state index contributed by atoms with van der Waals surface area (Å²) in [5, 5.41) is 2.06. The standard InChI is InChI=1S/C12H9NO2S/c14-16(15)8-5-6-12-10(7-8)9-3-1-2-4-11(9)13-12/h1-7,13H,(H,14,15). The molecule has 4 heteroatoms. The summed E-state index contributed by atoms with van der Waals surface area (Å²) in [6.07, 6.45) is 0. The van der Waals surface area contributed by atoms with Crippen LogP contribution in [0, 0.1) is 0 Å². The van der Waals surface area contributed by atoms with Gasteiger partial charge in [0.2, 0.25) is 0 Å². The molecule has 3 aromatic rings. The summed E-state index contributed by atoms with van der Waals surface area (Å²) in [5.41, 5.74) is 2.02. The monoisotopic (exact) mass is 231 g/mol. The van der Waals surface area contributed by atoms with Gasteiger partial charge in [-0.05, 0) is 24.3 Å². The summed E-state index contributed by atoms with van der Waals surface area (Å²) in [5.74, 6) is 0. The van der Waals surface area contributed by atoms with Crippen molar-refractivity contribution in [2.75, 3.05) is 0 Å². The van der Waals surface area contributed by atoms with Crippen molar-refractivity contribution in [3.8, 4) is 0 Å². The van der Waals surface area contributed by atoms with Gasteiger partial charge in [-0.25, -0.2) is 4.21 Å². The third-order valence-corrected chi connectivity index (χ3v) is 3.34. The fourth-order valence-corrected chi connectivity index (χ4v) is 2.34. The van der Waals surface area contributed by atoms with Crippen LogP contribution in [0.4, 0.5) is 0 Å². The van der Waals surface area contributed by atoms with Crippen molar-refractivity contribution in [1.29, 1.82) is 0 Å². The number of benzene rings is 2. The fraction of sp³-hybridized carbons (Fsp3) is 0. The van der Waals surface area contributed by atoms with Crippen LogP contribution in [-0.4, -0.2) is 13.7 Å². The molecule has 1 atom stereocenters. The maximum atomic E-state index is 11.0. The quantitative estimate of drug-likeness (QED) is 0.633. The number of H-pyrrole nitrogens is 1. The minimum atomic E-state index is -1.93. The SMILES string of the molecule is O=S(O)c1ccc2[nH]c3ccccc3c2c1. The molecule has 1 unspecified atom stereocenters. The second kappa shape index (κ2) is 3.43. The molecule has 16 heavy (non-hydrogen) atoms. The Kier molecular flexibility index (Phi) is 2.05. The molecule has 0 spiro atoms. The van der Waals surface area contributed by atoms with E-state index >= 15 is 0 Å². The first-order chi connectivity index (χ1) is 7.75. The van der Waals surface area contributed by atoms with E-state index in [1.807, 2.05) is 30.3 Å². The average molecular weight is 231 g/mol. The highest BCUT2D eigenvalue weighted by atomic mass is 32.2. The van der Waals surface area contributed by atoms with Gasteiger partial charge < -0.3 is 9.54 Å². The third kappa shape index (κ3) is 1.35. The normalized spacial score (nSPS) is 13.3. The number of nitrogens with one attached hydrogen (secondary N) is 1. The van der Waals surface area contributed by atoms with Gasteiger partial charge >= 0.3 is 0 Å². The third-order valence-electron chi connectivity index (χ3n) is 2.68. The van der Waals surface area contributed by atoms with Crippen molar-refractivity contribution in [2.45, 2.75) is 4.90 Å². The maximum absolute atomic E-state index is 11.0. The Bertz CT molecular complexity index is 702. The van der Waals surface area contributed by atoms with Crippen molar-refractivity contribution in [3.63, 3.8) is 0 Å². The molecule has 0 amide bonds. The lowest BCUT2D eigenvalue weighted by Crippen LogP contribution is -1.86. The summed E-state index contributed by atoms with van der Waals surface area (Å²) >= 11 is -1.93. The zero-order valence-corrected chi connectivity index (χ0v) is 9.12. The minimum absolute atomic E-state index is 0.428. The lowest BCUT2D eigenvalue weighted by molar-refractivity contribution is 0.564. The molecule has 0 aliphatic carbocycles. The van der Waals surface area contributed by atoms with Crippen molar-refractivity contribution in [2.24, 2.45) is 0 Å². The molecule has 1 heterocycles. The van der Waals surface area contributed by atoms with Crippen LogP contribution in [-0.2, 0) is 11.1 Å². The van der Waals surface area contributed by atoms with Gasteiger partial charge in [-0.1, -0.05) is 18.2 Å². The predicted octanol–water partition coefficient (Wildman–Crippen LogP) is 2.90. The van der Waals surface area contributed by atoms with E-state index in [-0.39, 0.29) is 0 Å². The molecule has 3 nitrogen and oxygen atoms in total. The highest BCUT2D eigenvalue weighted by molar-refractivity contribution is 7.79. The summed E-state index contributed by atoms with van der Waals surface area (Å²) in [6, 6.07) is 13.2. The van der Waals surface area contributed by atoms with E-state index < -0.39 is 11.1 Å². The van der Waals surface area contributed by atoms with Crippen LogP contribution in [0.3, 0.4) is 0 Å². The number of hydrogen-bond donors (Lipinski definition) is 2. The van der Waals surface area contributed by atoms with Crippen LogP contribution < -0.4 is 0 Å². The van der Waals surface area contributed by atoms with Crippen LogP contribution in [0.5, 0.6) is 0 Å². The topological polar surface area (TPSA) is 53.1 Å². The fourth-order valence-electron chi connectivity index (χ4n) is 1.94. The van der Waals surface area contributed by atoms with Crippen molar-refractivity contribution >= 4 is 32.9 Å². The summed E-state index contributed by atoms with van der Waals surface area (Å²) < 4.78 is 20.1. The molecule has 1 aromatic heterocycles. The van der Waals surface area contributed by atoms with Crippen LogP contribution in [0.1, 0.15) is 0 Å². The van der Waals surface area contributed by atoms with Crippen molar-refractivity contribution in [3.05, 3.63) is 42.5 Å². The maximum Gasteiger partial charge on any atom is 0.186 e. The second-order valence-electron chi connectivity index (χ2n) is 3.63. The van der Waals surface area contributed by atoms with Crippen LogP contribution in [0.15, 0.2) is 47.4 Å². The smallest absolute Gasteiger partial charge is 0.186 e. The molecule has 0 aliphatic rings. The van der Waals surface area contributed by atoms with Crippen molar-refractivity contribution < 1.29 is 8.76 Å². The van der Waals surface area contributed by atoms with Gasteiger partial charge in [0.1, 0.15) is 0 Å². The first-order valence-electron chi connectivity index (χ1n) is 4.87. The van der Waals surface area contributed by atoms with Gasteiger partial charge in [-0.15, -0.1) is 0 Å². The highest BCUT2D eigenvalue weighted by Crippen LogP contribution is 2.26. The molecule has 0 fully saturated rings. The van der Waals surface area contributed by atoms with E-state index in [9.17, 15) is 4.21 Å². The van der Waals surface area contributed by atoms with E-state index in [1.165, 1.54) is 0 Å². The molecule has 80 valence electrons. The summed E-state index contributed by atoms with van der Waals surface area (Å²) in [6.45, 7) is 0. The number of hydrogen-bond acceptors (Lipinski definition) is 1. The number of para-hydroxylation sites is 1. The molecule has 0 radical (unpaired) electrons. The Labute approximate surface area is 94.4 Å². The van der Waals surface area contributed by atoms with Crippen LogP contribution >= 0.6 is 0 Å². The molecule has 0 saturated heterocycles. The van der Waals surface area contributed by atoms with E-state index in [0.29, 0.717) is 4.90 Å². The Morgan fingerprint density at radius 3 is 2.56 bits per heavy atom. The second-order valence-corrected chi connectivity index (χ2v) is 4.60. The zero-order valence-electron chi connectivity index (χ0n) is 8.31. The molecule has 0 saturated carbocycles. The number of aromatic nitrogens is 1. The lowest BCUT2D eigenvalue weighted by Gasteiger charge is -1.95. The highest BCUT2D eigenvalue weighted by Gasteiger charge is 2.06. The van der Waals surface area contributed by atoms with E-state index in [1.54, 1.807) is 12.1 Å². The molecule has 2 N–H and O–H groups in total. The summed E-state index contributed by atoms with van der Waals surface area (Å²) in [7, 11) is 0. The minimum Gasteiger partial charge on any atom is -0.355 e. The lowest BCUT2D eigenvalue weighted by atomic mass is 10.1. The Morgan fingerprint density at radius 2 is 1.75 bits per heavy atom. The van der Waals surface area contributed by atoms with E-state index in [0.717, 1.165) is 21.8 Å². The predicted molar refractivity (Wildman–Crippen MR) is 64.8 cm³/mol. The first-order valence-corrected chi connectivity index (χ1v) is 5.98. The van der Waals surface area contributed by atoms with Gasteiger partial charge in [0.05, 0.1) is 4.90 Å². The summed E-state index contributed by atoms with van der Waals surface area (Å²) in [4.78, 5) is 3.69. The Hall–Kier alpha value is -1.65. The van der Waals surface area contributed by atoms with Gasteiger partial charge in [0.15, 0.2) is 11.1 Å². The Balaban J connectivity index is 2.44. The van der Waals surface area contributed by atoms with Gasteiger partial charge in [0.25, 0.3) is 0 Å². The molecular weight excluding hydrogens is 222 g/mol. The van der Waals surface area contributed by atoms with Crippen molar-refractivity contribution in [1.82, 2.24) is 4.98 Å². The van der Waals surface area contributed by atoms with E-state index in [4.69, 9.17) is 4.55 Å². The molecule has 0 bridgehead atoms. The first kappa shape index (κ1) is 9.57. The number of rotatable bonds is 1. The Morgan fingerprint density at radius 1 is 1.00 bits per heavy atom. The van der Waals surface area contributed by atoms with Gasteiger partial charge in [0, 0.05) is 21.8 Å². The van der Waals surface area contributed by atoms with Gasteiger partial charge in [-0.3, -0.25) is 0 Å². The van der Waals surface area contributed by atoms with E-state index in [2.05, 4.69) is 4.98 Å². The average Bonchev–Trinajstić information content (AvgIpc) is 2.66. The number of aromatic amines is 1. The van der Waals surface area contributed by atoms with Gasteiger partial charge in [-0.2, -0.15) is 0 Å². The van der Waals surface area contributed by atoms with Crippen LogP contribution in [0.2, 0.25) is 0 Å². The molecule has 3 rings (SSSR count).